The van der Waals surface area contributed by atoms with Crippen LogP contribution in [0.15, 0.2) is 12.1 Å². The van der Waals surface area contributed by atoms with E-state index >= 15 is 0 Å². The molecule has 7 nitrogen and oxygen atoms in total. The van der Waals surface area contributed by atoms with Gasteiger partial charge in [-0.3, -0.25) is 9.59 Å². The second kappa shape index (κ2) is 9.05. The average Bonchev–Trinajstić information content (AvgIpc) is 3.08. The SMILES string of the molecule is CCCS(=O)(=O)N1CCCC1C(=O)N(C)CC(=O)Nc1c(C)cc(C)cc1C. The molecule has 156 valence electrons. The number of carbonyl (C=O) groups excluding carboxylic acids is 2. The number of nitrogens with one attached hydrogen (secondary N) is 1. The van der Waals surface area contributed by atoms with Crippen LogP contribution in [0.2, 0.25) is 0 Å². The van der Waals surface area contributed by atoms with Gasteiger partial charge in [-0.1, -0.05) is 24.6 Å². The zero-order valence-electron chi connectivity index (χ0n) is 17.4. The van der Waals surface area contributed by atoms with E-state index in [1.165, 1.54) is 9.21 Å². The van der Waals surface area contributed by atoms with Gasteiger partial charge in [0.25, 0.3) is 0 Å². The molecule has 1 aromatic rings. The van der Waals surface area contributed by atoms with Crippen LogP contribution in [-0.4, -0.2) is 61.4 Å². The molecule has 2 rings (SSSR count). The summed E-state index contributed by atoms with van der Waals surface area (Å²) in [7, 11) is -1.90. The van der Waals surface area contributed by atoms with Crippen molar-refractivity contribution in [3.8, 4) is 0 Å². The van der Waals surface area contributed by atoms with Crippen molar-refractivity contribution in [2.45, 2.75) is 53.0 Å². The lowest BCUT2D eigenvalue weighted by Crippen LogP contribution is -2.48. The third-order valence-electron chi connectivity index (χ3n) is 5.01. The van der Waals surface area contributed by atoms with Crippen LogP contribution in [0.4, 0.5) is 5.69 Å². The number of rotatable bonds is 7. The lowest BCUT2D eigenvalue weighted by molar-refractivity contribution is -0.136. The molecular formula is C20H31N3O4S. The van der Waals surface area contributed by atoms with Gasteiger partial charge in [-0.25, -0.2) is 8.42 Å². The first-order valence-corrected chi connectivity index (χ1v) is 11.3. The fourth-order valence-electron chi connectivity index (χ4n) is 3.80. The quantitative estimate of drug-likeness (QED) is 0.748. The molecule has 0 bridgehead atoms. The lowest BCUT2D eigenvalue weighted by Gasteiger charge is -2.27. The van der Waals surface area contributed by atoms with Crippen LogP contribution in [0.5, 0.6) is 0 Å². The number of benzene rings is 1. The summed E-state index contributed by atoms with van der Waals surface area (Å²) >= 11 is 0. The minimum atomic E-state index is -3.44. The third kappa shape index (κ3) is 5.11. The summed E-state index contributed by atoms with van der Waals surface area (Å²) < 4.78 is 26.1. The van der Waals surface area contributed by atoms with Crippen molar-refractivity contribution in [3.63, 3.8) is 0 Å². The van der Waals surface area contributed by atoms with E-state index in [-0.39, 0.29) is 24.1 Å². The molecule has 28 heavy (non-hydrogen) atoms. The normalized spacial score (nSPS) is 17.5. The summed E-state index contributed by atoms with van der Waals surface area (Å²) in [5, 5.41) is 2.88. The van der Waals surface area contributed by atoms with Crippen molar-refractivity contribution >= 4 is 27.5 Å². The van der Waals surface area contributed by atoms with Gasteiger partial charge in [0.15, 0.2) is 0 Å². The predicted octanol–water partition coefficient (Wildman–Crippen LogP) is 2.21. The highest BCUT2D eigenvalue weighted by Crippen LogP contribution is 2.24. The number of hydrogen-bond acceptors (Lipinski definition) is 4. The minimum Gasteiger partial charge on any atom is -0.335 e. The Labute approximate surface area is 168 Å². The van der Waals surface area contributed by atoms with Crippen molar-refractivity contribution in [1.29, 1.82) is 0 Å². The Morgan fingerprint density at radius 1 is 1.21 bits per heavy atom. The molecule has 1 aliphatic heterocycles. The fourth-order valence-corrected chi connectivity index (χ4v) is 5.54. The van der Waals surface area contributed by atoms with E-state index in [4.69, 9.17) is 0 Å². The van der Waals surface area contributed by atoms with Crippen molar-refractivity contribution in [2.24, 2.45) is 0 Å². The molecule has 1 fully saturated rings. The summed E-state index contributed by atoms with van der Waals surface area (Å²) in [4.78, 5) is 26.6. The topological polar surface area (TPSA) is 86.8 Å². The second-order valence-corrected chi connectivity index (χ2v) is 9.64. The Kier molecular flexibility index (Phi) is 7.22. The molecule has 8 heteroatoms. The summed E-state index contributed by atoms with van der Waals surface area (Å²) in [5.41, 5.74) is 3.80. The van der Waals surface area contributed by atoms with E-state index < -0.39 is 16.1 Å². The van der Waals surface area contributed by atoms with E-state index in [0.717, 1.165) is 22.4 Å². The minimum absolute atomic E-state index is 0.0347. The maximum atomic E-state index is 12.8. The molecule has 1 aromatic carbocycles. The van der Waals surface area contributed by atoms with Crippen LogP contribution >= 0.6 is 0 Å². The summed E-state index contributed by atoms with van der Waals surface area (Å²) in [6, 6.07) is 3.27. The van der Waals surface area contributed by atoms with E-state index in [9.17, 15) is 18.0 Å². The van der Waals surface area contributed by atoms with Gasteiger partial charge >= 0.3 is 0 Å². The zero-order chi connectivity index (χ0) is 21.1. The summed E-state index contributed by atoms with van der Waals surface area (Å²) in [6.45, 7) is 7.90. The first-order chi connectivity index (χ1) is 13.1. The average molecular weight is 410 g/mol. The Hall–Kier alpha value is -1.93. The molecule has 1 aliphatic rings. The number of aryl methyl sites for hydroxylation is 3. The third-order valence-corrected chi connectivity index (χ3v) is 7.08. The molecule has 0 aromatic heterocycles. The van der Waals surface area contributed by atoms with Crippen molar-refractivity contribution < 1.29 is 18.0 Å². The van der Waals surface area contributed by atoms with Gasteiger partial charge < -0.3 is 10.2 Å². The second-order valence-electron chi connectivity index (χ2n) is 7.60. The molecule has 1 heterocycles. The Morgan fingerprint density at radius 2 is 1.82 bits per heavy atom. The lowest BCUT2D eigenvalue weighted by atomic mass is 10.1. The Bertz CT molecular complexity index is 828. The van der Waals surface area contributed by atoms with Crippen molar-refractivity contribution in [3.05, 3.63) is 28.8 Å². The van der Waals surface area contributed by atoms with Gasteiger partial charge in [0.2, 0.25) is 21.8 Å². The van der Waals surface area contributed by atoms with E-state index in [0.29, 0.717) is 25.8 Å². The molecule has 1 saturated heterocycles. The highest BCUT2D eigenvalue weighted by atomic mass is 32.2. The molecule has 0 spiro atoms. The van der Waals surface area contributed by atoms with Crippen LogP contribution in [0, 0.1) is 20.8 Å². The summed E-state index contributed by atoms with van der Waals surface area (Å²) in [5.74, 6) is -0.594. The largest absolute Gasteiger partial charge is 0.335 e. The van der Waals surface area contributed by atoms with Crippen LogP contribution < -0.4 is 5.32 Å². The fraction of sp³-hybridized carbons (Fsp3) is 0.600. The summed E-state index contributed by atoms with van der Waals surface area (Å²) in [6.07, 6.45) is 1.65. The molecule has 2 amide bonds. The van der Waals surface area contributed by atoms with E-state index in [1.807, 2.05) is 32.9 Å². The predicted molar refractivity (Wildman–Crippen MR) is 111 cm³/mol. The molecule has 1 unspecified atom stereocenters. The van der Waals surface area contributed by atoms with Gasteiger partial charge in [-0.05, 0) is 51.2 Å². The van der Waals surface area contributed by atoms with E-state index in [2.05, 4.69) is 5.32 Å². The molecule has 0 radical (unpaired) electrons. The number of likely N-dealkylation sites (N-methyl/N-ethyl adjacent to an activating group) is 1. The van der Waals surface area contributed by atoms with Crippen LogP contribution in [-0.2, 0) is 19.6 Å². The van der Waals surface area contributed by atoms with Crippen LogP contribution in [0.25, 0.3) is 0 Å². The smallest absolute Gasteiger partial charge is 0.243 e. The standard InChI is InChI=1S/C20H31N3O4S/c1-6-10-28(26,27)23-9-7-8-17(23)20(25)22(5)13-18(24)21-19-15(3)11-14(2)12-16(19)4/h11-12,17H,6-10,13H2,1-5H3,(H,21,24). The monoisotopic (exact) mass is 409 g/mol. The highest BCUT2D eigenvalue weighted by molar-refractivity contribution is 7.89. The molecule has 1 atom stereocenters. The van der Waals surface area contributed by atoms with Crippen LogP contribution in [0.3, 0.4) is 0 Å². The Balaban J connectivity index is 2.05. The Morgan fingerprint density at radius 3 is 2.39 bits per heavy atom. The van der Waals surface area contributed by atoms with Crippen molar-refractivity contribution in [1.82, 2.24) is 9.21 Å². The maximum absolute atomic E-state index is 12.8. The number of sulfonamides is 1. The maximum Gasteiger partial charge on any atom is 0.243 e. The van der Waals surface area contributed by atoms with Crippen LogP contribution in [0.1, 0.15) is 42.9 Å². The molecule has 0 aliphatic carbocycles. The number of carbonyl (C=O) groups is 2. The van der Waals surface area contributed by atoms with Gasteiger partial charge in [0, 0.05) is 19.3 Å². The van der Waals surface area contributed by atoms with Gasteiger partial charge in [0.05, 0.1) is 12.3 Å². The molecular weight excluding hydrogens is 378 g/mol. The first kappa shape index (κ1) is 22.4. The number of hydrogen-bond donors (Lipinski definition) is 1. The van der Waals surface area contributed by atoms with Gasteiger partial charge in [-0.15, -0.1) is 0 Å². The van der Waals surface area contributed by atoms with Gasteiger partial charge in [0.1, 0.15) is 6.04 Å². The number of amides is 2. The molecule has 1 N–H and O–H groups in total. The highest BCUT2D eigenvalue weighted by Gasteiger charge is 2.39. The zero-order valence-corrected chi connectivity index (χ0v) is 18.2. The first-order valence-electron chi connectivity index (χ1n) is 9.69. The van der Waals surface area contributed by atoms with Gasteiger partial charge in [-0.2, -0.15) is 4.31 Å². The number of nitrogens with zero attached hydrogens (tertiary/aromatic N) is 2. The molecule has 0 saturated carbocycles. The van der Waals surface area contributed by atoms with E-state index in [1.54, 1.807) is 14.0 Å². The van der Waals surface area contributed by atoms with Crippen molar-refractivity contribution in [2.75, 3.05) is 31.2 Å². The number of anilines is 1.